The highest BCUT2D eigenvalue weighted by molar-refractivity contribution is 5.99. The Morgan fingerprint density at radius 2 is 2.09 bits per heavy atom. The summed E-state index contributed by atoms with van der Waals surface area (Å²) in [6.45, 7) is 2.17. The van der Waals surface area contributed by atoms with Gasteiger partial charge in [-0.1, -0.05) is 13.0 Å². The lowest BCUT2D eigenvalue weighted by molar-refractivity contribution is -0.220. The maximum absolute atomic E-state index is 13.9. The van der Waals surface area contributed by atoms with Crippen LogP contribution in [0.25, 0.3) is 0 Å². The number of rotatable bonds is 4. The predicted octanol–water partition coefficient (Wildman–Crippen LogP) is 2.04. The van der Waals surface area contributed by atoms with Gasteiger partial charge < -0.3 is 24.3 Å². The summed E-state index contributed by atoms with van der Waals surface area (Å²) in [4.78, 5) is 41.1. The molecule has 0 radical (unpaired) electrons. The third-order valence-electron chi connectivity index (χ3n) is 7.74. The van der Waals surface area contributed by atoms with Crippen LogP contribution < -0.4 is 15.5 Å². The summed E-state index contributed by atoms with van der Waals surface area (Å²) in [6.07, 6.45) is 2.88. The van der Waals surface area contributed by atoms with Crippen LogP contribution >= 0.6 is 0 Å². The van der Waals surface area contributed by atoms with Gasteiger partial charge in [0.1, 0.15) is 17.2 Å². The molecule has 1 aromatic heterocycles. The number of aromatic nitrogens is 1. The largest absolute Gasteiger partial charge is 0.491 e. The first-order valence-electron chi connectivity index (χ1n) is 11.3. The third kappa shape index (κ3) is 2.81. The number of amides is 2. The Morgan fingerprint density at radius 3 is 2.79 bits per heavy atom. The molecule has 8 nitrogen and oxygen atoms in total. The van der Waals surface area contributed by atoms with Gasteiger partial charge in [0.25, 0.3) is 11.8 Å². The van der Waals surface area contributed by atoms with Crippen LogP contribution in [0.4, 0.5) is 8.78 Å². The number of carbonyl (C=O) groups is 2. The molecule has 178 valence electrons. The van der Waals surface area contributed by atoms with E-state index in [0.29, 0.717) is 5.92 Å². The molecule has 34 heavy (non-hydrogen) atoms. The van der Waals surface area contributed by atoms with E-state index in [0.717, 1.165) is 25.0 Å². The van der Waals surface area contributed by atoms with Crippen molar-refractivity contribution in [1.29, 1.82) is 0 Å². The molecule has 1 spiro atoms. The number of halogens is 2. The molecule has 1 N–H and O–H groups in total. The van der Waals surface area contributed by atoms with E-state index in [1.807, 2.05) is 0 Å². The van der Waals surface area contributed by atoms with Crippen molar-refractivity contribution >= 4 is 11.8 Å². The Bertz CT molecular complexity index is 1310. The molecule has 2 aromatic rings. The third-order valence-corrected chi connectivity index (χ3v) is 7.74. The average Bonchev–Trinajstić information content (AvgIpc) is 3.54. The van der Waals surface area contributed by atoms with Crippen LogP contribution in [0.3, 0.4) is 0 Å². The van der Waals surface area contributed by atoms with Gasteiger partial charge in [0.15, 0.2) is 17.7 Å². The van der Waals surface area contributed by atoms with Crippen molar-refractivity contribution in [2.75, 3.05) is 7.11 Å². The zero-order chi connectivity index (χ0) is 23.9. The normalized spacial score (nSPS) is 30.4. The first kappa shape index (κ1) is 21.3. The SMILES string of the molecule is COc1c2n(cc(C(=O)NCc3ccc(F)cc3F)c1=O)C[C@@H]1O[C@@H]3C(C)CC34C[C@H]4N1C2=O. The highest BCUT2D eigenvalue weighted by atomic mass is 19.1. The van der Waals surface area contributed by atoms with Crippen LogP contribution in [-0.2, 0) is 17.8 Å². The van der Waals surface area contributed by atoms with Crippen molar-refractivity contribution in [1.82, 2.24) is 14.8 Å². The fraction of sp³-hybridized carbons (Fsp3) is 0.458. The summed E-state index contributed by atoms with van der Waals surface area (Å²) in [5, 5.41) is 2.49. The van der Waals surface area contributed by atoms with Gasteiger partial charge in [-0.2, -0.15) is 0 Å². The fourth-order valence-corrected chi connectivity index (χ4v) is 6.12. The van der Waals surface area contributed by atoms with Crippen molar-refractivity contribution in [3.8, 4) is 5.75 Å². The van der Waals surface area contributed by atoms with E-state index < -0.39 is 29.2 Å². The summed E-state index contributed by atoms with van der Waals surface area (Å²) in [7, 11) is 1.28. The number of hydrogen-bond donors (Lipinski definition) is 1. The Balaban J connectivity index is 1.31. The van der Waals surface area contributed by atoms with Gasteiger partial charge in [-0.05, 0) is 24.8 Å². The zero-order valence-electron chi connectivity index (χ0n) is 18.6. The molecule has 6 rings (SSSR count). The Morgan fingerprint density at radius 1 is 1.29 bits per heavy atom. The van der Waals surface area contributed by atoms with E-state index >= 15 is 0 Å². The standard InChI is InChI=1S/C24H23F2N3O5/c1-11-6-24-7-16(24)29-17(34-21(11)24)10-28-9-14(19(30)20(33-2)18(28)23(29)32)22(31)27-8-12-3-4-13(25)5-15(12)26/h3-5,9,11,16-17,21H,6-8,10H2,1-2H3,(H,27,31)/t11?,16-,17+,21-,24?/m1/s1. The second kappa shape index (κ2) is 7.11. The van der Waals surface area contributed by atoms with Crippen molar-refractivity contribution in [2.45, 2.75) is 51.2 Å². The summed E-state index contributed by atoms with van der Waals surface area (Å²) < 4.78 is 40.2. The molecule has 2 unspecified atom stereocenters. The minimum absolute atomic E-state index is 0.0384. The minimum atomic E-state index is -0.804. The van der Waals surface area contributed by atoms with Gasteiger partial charge in [-0.25, -0.2) is 8.78 Å². The number of pyridine rings is 1. The molecule has 2 aliphatic heterocycles. The van der Waals surface area contributed by atoms with E-state index in [-0.39, 0.29) is 59.1 Å². The first-order chi connectivity index (χ1) is 16.2. The first-order valence-corrected chi connectivity index (χ1v) is 11.3. The molecular weight excluding hydrogens is 448 g/mol. The van der Waals surface area contributed by atoms with Crippen molar-refractivity contribution in [2.24, 2.45) is 11.3 Å². The fourth-order valence-electron chi connectivity index (χ4n) is 6.12. The minimum Gasteiger partial charge on any atom is -0.491 e. The lowest BCUT2D eigenvalue weighted by Gasteiger charge is -2.54. The molecule has 1 saturated heterocycles. The monoisotopic (exact) mass is 471 g/mol. The summed E-state index contributed by atoms with van der Waals surface area (Å²) in [5.74, 6) is -2.40. The number of ether oxygens (including phenoxy) is 2. The number of hydrogen-bond acceptors (Lipinski definition) is 5. The smallest absolute Gasteiger partial charge is 0.276 e. The number of benzene rings is 1. The summed E-state index contributed by atoms with van der Waals surface area (Å²) in [6, 6.07) is 3.12. The lowest BCUT2D eigenvalue weighted by atomic mass is 9.68. The molecule has 2 aliphatic carbocycles. The lowest BCUT2D eigenvalue weighted by Crippen LogP contribution is -2.63. The molecule has 3 heterocycles. The zero-order valence-corrected chi connectivity index (χ0v) is 18.6. The van der Waals surface area contributed by atoms with E-state index in [4.69, 9.17) is 9.47 Å². The van der Waals surface area contributed by atoms with E-state index in [2.05, 4.69) is 12.2 Å². The van der Waals surface area contributed by atoms with Gasteiger partial charge in [0.05, 0.1) is 19.8 Å². The number of carbonyl (C=O) groups excluding carboxylic acids is 2. The van der Waals surface area contributed by atoms with Crippen LogP contribution in [0.1, 0.15) is 46.2 Å². The van der Waals surface area contributed by atoms with Gasteiger partial charge in [-0.15, -0.1) is 0 Å². The molecule has 2 saturated carbocycles. The van der Waals surface area contributed by atoms with E-state index in [9.17, 15) is 23.2 Å². The molecule has 5 atom stereocenters. The number of nitrogens with one attached hydrogen (secondary N) is 1. The molecule has 4 aliphatic rings. The Kier molecular flexibility index (Phi) is 4.45. The maximum atomic E-state index is 13.9. The maximum Gasteiger partial charge on any atom is 0.276 e. The quantitative estimate of drug-likeness (QED) is 0.737. The van der Waals surface area contributed by atoms with Gasteiger partial charge >= 0.3 is 0 Å². The number of nitrogens with zero attached hydrogens (tertiary/aromatic N) is 2. The van der Waals surface area contributed by atoms with E-state index in [1.54, 1.807) is 4.90 Å². The molecule has 1 aromatic carbocycles. The second-order valence-electron chi connectivity index (χ2n) is 9.68. The molecule has 2 amide bonds. The molecule has 3 fully saturated rings. The average molecular weight is 471 g/mol. The number of fused-ring (bicyclic) bond motifs is 3. The second-order valence-corrected chi connectivity index (χ2v) is 9.68. The number of methoxy groups -OCH3 is 1. The van der Waals surface area contributed by atoms with Crippen LogP contribution in [0.15, 0.2) is 29.2 Å². The Labute approximate surface area is 193 Å². The van der Waals surface area contributed by atoms with Crippen molar-refractivity contribution < 1.29 is 27.8 Å². The van der Waals surface area contributed by atoms with E-state index in [1.165, 1.54) is 23.9 Å². The van der Waals surface area contributed by atoms with Crippen LogP contribution in [-0.4, -0.2) is 46.8 Å². The van der Waals surface area contributed by atoms with Crippen LogP contribution in [0.5, 0.6) is 5.75 Å². The molecule has 10 heteroatoms. The molecule has 0 bridgehead atoms. The summed E-state index contributed by atoms with van der Waals surface area (Å²) >= 11 is 0. The van der Waals surface area contributed by atoms with Gasteiger partial charge in [0.2, 0.25) is 5.43 Å². The van der Waals surface area contributed by atoms with Gasteiger partial charge in [-0.3, -0.25) is 14.4 Å². The predicted molar refractivity (Wildman–Crippen MR) is 114 cm³/mol. The molecular formula is C24H23F2N3O5. The van der Waals surface area contributed by atoms with Crippen molar-refractivity contribution in [3.63, 3.8) is 0 Å². The highest BCUT2D eigenvalue weighted by Gasteiger charge is 2.74. The highest BCUT2D eigenvalue weighted by Crippen LogP contribution is 2.69. The van der Waals surface area contributed by atoms with Crippen molar-refractivity contribution in [3.05, 3.63) is 63.1 Å². The van der Waals surface area contributed by atoms with Crippen LogP contribution in [0, 0.1) is 23.0 Å². The topological polar surface area (TPSA) is 89.9 Å². The van der Waals surface area contributed by atoms with Gasteiger partial charge in [0, 0.05) is 35.8 Å². The summed E-state index contributed by atoms with van der Waals surface area (Å²) in [5.41, 5.74) is -0.754. The van der Waals surface area contributed by atoms with Crippen LogP contribution in [0.2, 0.25) is 0 Å². The Hall–Kier alpha value is -3.27.